The summed E-state index contributed by atoms with van der Waals surface area (Å²) in [6, 6.07) is 0. The van der Waals surface area contributed by atoms with E-state index in [2.05, 4.69) is 0 Å². The number of piperidine rings is 1. The molecule has 7 heteroatoms. The Bertz CT molecular complexity index is 547. The van der Waals surface area contributed by atoms with Crippen LogP contribution in [0.4, 0.5) is 10.7 Å². The Morgan fingerprint density at radius 1 is 1.43 bits per heavy atom. The molecular weight excluding hydrogens is 292 g/mol. The first kappa shape index (κ1) is 15.8. The molecule has 2 heterocycles. The summed E-state index contributed by atoms with van der Waals surface area (Å²) in [5.41, 5.74) is 6.49. The van der Waals surface area contributed by atoms with Crippen molar-refractivity contribution in [2.45, 2.75) is 32.3 Å². The highest BCUT2D eigenvalue weighted by molar-refractivity contribution is 7.19. The summed E-state index contributed by atoms with van der Waals surface area (Å²) in [5, 5.41) is 10.3. The molecule has 0 bridgehead atoms. The van der Waals surface area contributed by atoms with Gasteiger partial charge in [0, 0.05) is 19.5 Å². The molecule has 1 aromatic heterocycles. The summed E-state index contributed by atoms with van der Waals surface area (Å²) in [6.07, 6.45) is 1.30. The number of thiophene rings is 1. The minimum Gasteiger partial charge on any atom is -0.465 e. The molecule has 1 aliphatic heterocycles. The summed E-state index contributed by atoms with van der Waals surface area (Å²) >= 11 is 1.24. The van der Waals surface area contributed by atoms with Gasteiger partial charge in [0.25, 0.3) is 0 Å². The molecule has 1 fully saturated rings. The third-order valence-electron chi connectivity index (χ3n) is 3.64. The van der Waals surface area contributed by atoms with Crippen LogP contribution in [0.2, 0.25) is 0 Å². The molecule has 0 aromatic carbocycles. The first-order valence-corrected chi connectivity index (χ1v) is 7.78. The van der Waals surface area contributed by atoms with Crippen LogP contribution in [0.25, 0.3) is 0 Å². The molecule has 2 rings (SSSR count). The summed E-state index contributed by atoms with van der Waals surface area (Å²) < 4.78 is 4.80. The Balaban J connectivity index is 2.43. The zero-order valence-electron chi connectivity index (χ0n) is 12.2. The van der Waals surface area contributed by atoms with Crippen LogP contribution in [0.15, 0.2) is 0 Å². The highest BCUT2D eigenvalue weighted by Gasteiger charge is 2.30. The standard InChI is InChI=1S/C14H20N2O4S/c1-3-9(18)12-11(15)10(14(19)20-2)13(21-12)16-6-4-8(17)5-7-16/h8,17H,3-7,15H2,1-2H3. The van der Waals surface area contributed by atoms with Crippen LogP contribution in [-0.2, 0) is 4.74 Å². The number of Topliss-reactive ketones (excluding diaryl/α,β-unsaturated/α-hetero) is 1. The molecule has 0 unspecified atom stereocenters. The predicted octanol–water partition coefficient (Wildman–Crippen LogP) is 1.67. The highest BCUT2D eigenvalue weighted by atomic mass is 32.1. The van der Waals surface area contributed by atoms with E-state index in [0.29, 0.717) is 42.2 Å². The SMILES string of the molecule is CCC(=O)c1sc(N2CCC(O)CC2)c(C(=O)OC)c1N. The number of nitrogens with zero attached hydrogens (tertiary/aromatic N) is 1. The van der Waals surface area contributed by atoms with E-state index in [1.165, 1.54) is 18.4 Å². The molecule has 0 amide bonds. The zero-order valence-corrected chi connectivity index (χ0v) is 13.0. The fourth-order valence-electron chi connectivity index (χ4n) is 2.39. The zero-order chi connectivity index (χ0) is 15.6. The molecular formula is C14H20N2O4S. The molecule has 0 saturated carbocycles. The van der Waals surface area contributed by atoms with Gasteiger partial charge >= 0.3 is 5.97 Å². The van der Waals surface area contributed by atoms with Crippen LogP contribution in [0.1, 0.15) is 46.2 Å². The van der Waals surface area contributed by atoms with Gasteiger partial charge in [0.15, 0.2) is 5.78 Å². The largest absolute Gasteiger partial charge is 0.465 e. The van der Waals surface area contributed by atoms with Crippen molar-refractivity contribution in [1.29, 1.82) is 0 Å². The second-order valence-corrected chi connectivity index (χ2v) is 6.01. The summed E-state index contributed by atoms with van der Waals surface area (Å²) in [5.74, 6) is -0.606. The van der Waals surface area contributed by atoms with Crippen LogP contribution < -0.4 is 10.6 Å². The minimum absolute atomic E-state index is 0.0778. The number of hydrogen-bond acceptors (Lipinski definition) is 7. The molecule has 0 spiro atoms. The smallest absolute Gasteiger partial charge is 0.343 e. The lowest BCUT2D eigenvalue weighted by molar-refractivity contribution is 0.0603. The van der Waals surface area contributed by atoms with Crippen molar-refractivity contribution in [1.82, 2.24) is 0 Å². The second kappa shape index (κ2) is 6.44. The van der Waals surface area contributed by atoms with Crippen LogP contribution in [0.5, 0.6) is 0 Å². The van der Waals surface area contributed by atoms with Crippen LogP contribution in [0.3, 0.4) is 0 Å². The lowest BCUT2D eigenvalue weighted by Crippen LogP contribution is -2.36. The van der Waals surface area contributed by atoms with Gasteiger partial charge in [-0.2, -0.15) is 0 Å². The number of methoxy groups -OCH3 is 1. The summed E-state index contributed by atoms with van der Waals surface area (Å²) in [6.45, 7) is 3.02. The van der Waals surface area contributed by atoms with Gasteiger partial charge < -0.3 is 20.5 Å². The third kappa shape index (κ3) is 3.03. The fourth-order valence-corrected chi connectivity index (χ4v) is 3.66. The van der Waals surface area contributed by atoms with Gasteiger partial charge in [-0.1, -0.05) is 6.92 Å². The molecule has 1 aliphatic rings. The van der Waals surface area contributed by atoms with Crippen LogP contribution >= 0.6 is 11.3 Å². The van der Waals surface area contributed by atoms with E-state index in [1.807, 2.05) is 4.90 Å². The number of nitrogens with two attached hydrogens (primary N) is 1. The van der Waals surface area contributed by atoms with Crippen molar-refractivity contribution < 1.29 is 19.4 Å². The number of aliphatic hydroxyl groups excluding tert-OH is 1. The van der Waals surface area contributed by atoms with Crippen LogP contribution in [-0.4, -0.2) is 43.2 Å². The maximum atomic E-state index is 12.0. The quantitative estimate of drug-likeness (QED) is 0.649. The normalized spacial score (nSPS) is 16.0. The first-order valence-electron chi connectivity index (χ1n) is 6.96. The second-order valence-electron chi connectivity index (χ2n) is 5.01. The van der Waals surface area contributed by atoms with E-state index in [-0.39, 0.29) is 23.1 Å². The molecule has 6 nitrogen and oxygen atoms in total. The maximum Gasteiger partial charge on any atom is 0.343 e. The molecule has 0 atom stereocenters. The average Bonchev–Trinajstić information content (AvgIpc) is 2.84. The molecule has 1 aromatic rings. The molecule has 1 saturated heterocycles. The van der Waals surface area contributed by atoms with E-state index >= 15 is 0 Å². The minimum atomic E-state index is -0.528. The van der Waals surface area contributed by atoms with Crippen LogP contribution in [0, 0.1) is 0 Å². The Labute approximate surface area is 127 Å². The van der Waals surface area contributed by atoms with Gasteiger partial charge in [0.05, 0.1) is 23.8 Å². The van der Waals surface area contributed by atoms with Crippen molar-refractivity contribution >= 4 is 33.8 Å². The number of anilines is 2. The Morgan fingerprint density at radius 2 is 2.05 bits per heavy atom. The number of rotatable bonds is 4. The number of nitrogen functional groups attached to an aromatic ring is 1. The monoisotopic (exact) mass is 312 g/mol. The number of esters is 1. The van der Waals surface area contributed by atoms with Crippen molar-refractivity contribution in [3.8, 4) is 0 Å². The maximum absolute atomic E-state index is 12.0. The van der Waals surface area contributed by atoms with Gasteiger partial charge in [-0.05, 0) is 12.8 Å². The Kier molecular flexibility index (Phi) is 4.84. The van der Waals surface area contributed by atoms with Crippen molar-refractivity contribution in [2.75, 3.05) is 30.8 Å². The molecule has 21 heavy (non-hydrogen) atoms. The van der Waals surface area contributed by atoms with Gasteiger partial charge in [0.1, 0.15) is 10.6 Å². The van der Waals surface area contributed by atoms with E-state index in [1.54, 1.807) is 6.92 Å². The fraction of sp³-hybridized carbons (Fsp3) is 0.571. The Hall–Kier alpha value is -1.60. The highest BCUT2D eigenvalue weighted by Crippen LogP contribution is 2.40. The molecule has 0 radical (unpaired) electrons. The van der Waals surface area contributed by atoms with Crippen molar-refractivity contribution in [3.05, 3.63) is 10.4 Å². The van der Waals surface area contributed by atoms with Gasteiger partial charge in [0.2, 0.25) is 0 Å². The molecule has 116 valence electrons. The van der Waals surface area contributed by atoms with E-state index in [0.717, 1.165) is 0 Å². The number of hydrogen-bond donors (Lipinski definition) is 2. The lowest BCUT2D eigenvalue weighted by Gasteiger charge is -2.30. The molecule has 0 aliphatic carbocycles. The van der Waals surface area contributed by atoms with Gasteiger partial charge in [-0.15, -0.1) is 11.3 Å². The third-order valence-corrected chi connectivity index (χ3v) is 4.95. The summed E-state index contributed by atoms with van der Waals surface area (Å²) in [7, 11) is 1.30. The van der Waals surface area contributed by atoms with Gasteiger partial charge in [-0.3, -0.25) is 4.79 Å². The van der Waals surface area contributed by atoms with Crippen molar-refractivity contribution in [2.24, 2.45) is 0 Å². The number of ketones is 1. The van der Waals surface area contributed by atoms with E-state index in [4.69, 9.17) is 10.5 Å². The number of ether oxygens (including phenoxy) is 1. The van der Waals surface area contributed by atoms with E-state index < -0.39 is 5.97 Å². The number of carbonyl (C=O) groups excluding carboxylic acids is 2. The van der Waals surface area contributed by atoms with Gasteiger partial charge in [-0.25, -0.2) is 4.79 Å². The predicted molar refractivity (Wildman–Crippen MR) is 82.1 cm³/mol. The number of aliphatic hydroxyl groups is 1. The molecule has 3 N–H and O–H groups in total. The average molecular weight is 312 g/mol. The lowest BCUT2D eigenvalue weighted by atomic mass is 10.1. The first-order chi connectivity index (χ1) is 9.99. The summed E-state index contributed by atoms with van der Waals surface area (Å²) in [4.78, 5) is 26.4. The topological polar surface area (TPSA) is 92.9 Å². The Morgan fingerprint density at radius 3 is 2.57 bits per heavy atom. The van der Waals surface area contributed by atoms with E-state index in [9.17, 15) is 14.7 Å². The number of carbonyl (C=O) groups is 2. The van der Waals surface area contributed by atoms with Crippen molar-refractivity contribution in [3.63, 3.8) is 0 Å².